The molecule has 1 N–H and O–H groups in total. The van der Waals surface area contributed by atoms with Crippen molar-refractivity contribution in [3.63, 3.8) is 0 Å². The van der Waals surface area contributed by atoms with E-state index in [1.54, 1.807) is 0 Å². The zero-order valence-corrected chi connectivity index (χ0v) is 10.1. The standard InChI is InChI=1S/CH4O4S.Bi.3H/c1-5-6(2,3)4;;;;/h1H3,(H,2,3,4);;;;. The average Bonchev–Trinajstić information content (AvgIpc) is 1.35. The van der Waals surface area contributed by atoms with E-state index in [1.165, 1.54) is 0 Å². The first-order valence-electron chi connectivity index (χ1n) is 1.09. The molecule has 0 heterocycles. The first-order valence-corrected chi connectivity index (χ1v) is 2.46. The van der Waals surface area contributed by atoms with Gasteiger partial charge in [-0.2, -0.15) is 8.42 Å². The Balaban J connectivity index is 0. The molecule has 0 atom stereocenters. The van der Waals surface area contributed by atoms with Crippen molar-refractivity contribution in [3.8, 4) is 0 Å². The molecule has 0 aliphatic rings. The molecular weight excluding hydrogens is 317 g/mol. The zero-order valence-electron chi connectivity index (χ0n) is 3.79. The molecule has 0 bridgehead atoms. The Bertz CT molecular complexity index is 114. The van der Waals surface area contributed by atoms with Crippen molar-refractivity contribution in [1.82, 2.24) is 0 Å². The van der Waals surface area contributed by atoms with Gasteiger partial charge in [-0.3, -0.25) is 8.74 Å². The Labute approximate surface area is 60.9 Å². The molecule has 0 aromatic rings. The first kappa shape index (κ1) is 10.7. The third kappa shape index (κ3) is 10.8. The predicted molar refractivity (Wildman–Crippen MR) is 28.5 cm³/mol. The van der Waals surface area contributed by atoms with Crippen LogP contribution in [0.2, 0.25) is 0 Å². The van der Waals surface area contributed by atoms with Gasteiger partial charge < -0.3 is 0 Å². The number of rotatable bonds is 1. The van der Waals surface area contributed by atoms with E-state index in [0.29, 0.717) is 0 Å². The zero-order chi connectivity index (χ0) is 5.21. The topological polar surface area (TPSA) is 63.6 Å². The van der Waals surface area contributed by atoms with Crippen molar-refractivity contribution in [1.29, 1.82) is 0 Å². The third-order valence-electron chi connectivity index (χ3n) is 0.211. The average molecular weight is 324 g/mol. The minimum absolute atomic E-state index is 0. The minimum atomic E-state index is -4.16. The van der Waals surface area contributed by atoms with E-state index in [2.05, 4.69) is 4.18 Å². The summed E-state index contributed by atoms with van der Waals surface area (Å²) in [6.45, 7) is 0. The van der Waals surface area contributed by atoms with Gasteiger partial charge in [0, 0.05) is 0 Å². The summed E-state index contributed by atoms with van der Waals surface area (Å²) in [7, 11) is -3.29. The van der Waals surface area contributed by atoms with Crippen LogP contribution in [-0.2, 0) is 14.6 Å². The van der Waals surface area contributed by atoms with Crippen LogP contribution >= 0.6 is 0 Å². The number of hydrogen-bond donors (Lipinski definition) is 1. The van der Waals surface area contributed by atoms with Crippen molar-refractivity contribution < 1.29 is 17.2 Å². The van der Waals surface area contributed by atoms with E-state index in [0.717, 1.165) is 7.11 Å². The van der Waals surface area contributed by atoms with Crippen LogP contribution < -0.4 is 0 Å². The fourth-order valence-electron chi connectivity index (χ4n) is 0. The summed E-state index contributed by atoms with van der Waals surface area (Å²) in [4.78, 5) is 0. The van der Waals surface area contributed by atoms with Gasteiger partial charge in [0.15, 0.2) is 0 Å². The molecule has 0 saturated carbocycles. The Hall–Kier alpha value is 0.753. The van der Waals surface area contributed by atoms with E-state index < -0.39 is 10.4 Å². The Kier molecular flexibility index (Phi) is 5.67. The molecule has 6 heteroatoms. The number of hydrogen-bond acceptors (Lipinski definition) is 3. The summed E-state index contributed by atoms with van der Waals surface area (Å²) in [6, 6.07) is 0. The molecule has 46 valence electrons. The van der Waals surface area contributed by atoms with Crippen LogP contribution in [0.15, 0.2) is 0 Å². The quantitative estimate of drug-likeness (QED) is 0.459. The SMILES string of the molecule is COS(=O)(=O)O.[BiH3]. The van der Waals surface area contributed by atoms with Gasteiger partial charge in [-0.15, -0.1) is 0 Å². The molecule has 0 radical (unpaired) electrons. The molecule has 4 nitrogen and oxygen atoms in total. The molecule has 0 fully saturated rings. The van der Waals surface area contributed by atoms with E-state index in [1.807, 2.05) is 0 Å². The summed E-state index contributed by atoms with van der Waals surface area (Å²) >= 11 is 0. The second-order valence-electron chi connectivity index (χ2n) is 0.594. The van der Waals surface area contributed by atoms with Crippen LogP contribution in [-0.4, -0.2) is 46.3 Å². The van der Waals surface area contributed by atoms with Crippen LogP contribution in [0, 0.1) is 0 Å². The normalized spacial score (nSPS) is 10.0. The molecular formula is CH7BiO4S. The Morgan fingerprint density at radius 1 is 1.57 bits per heavy atom. The van der Waals surface area contributed by atoms with Gasteiger partial charge in [0.05, 0.1) is 7.11 Å². The van der Waals surface area contributed by atoms with Crippen LogP contribution in [0.4, 0.5) is 0 Å². The van der Waals surface area contributed by atoms with Gasteiger partial charge in [0.1, 0.15) is 0 Å². The summed E-state index contributed by atoms with van der Waals surface area (Å²) < 4.78 is 29.7. The van der Waals surface area contributed by atoms with Crippen LogP contribution in [0.25, 0.3) is 0 Å². The maximum absolute atomic E-state index is 9.33. The maximum atomic E-state index is 9.33. The van der Waals surface area contributed by atoms with Gasteiger partial charge in [-0.1, -0.05) is 0 Å². The van der Waals surface area contributed by atoms with Crippen molar-refractivity contribution in [2.24, 2.45) is 0 Å². The fraction of sp³-hybridized carbons (Fsp3) is 1.00. The monoisotopic (exact) mass is 324 g/mol. The van der Waals surface area contributed by atoms with Gasteiger partial charge in [-0.25, -0.2) is 0 Å². The molecule has 0 saturated heterocycles. The molecule has 7 heavy (non-hydrogen) atoms. The van der Waals surface area contributed by atoms with Crippen LogP contribution in [0.1, 0.15) is 0 Å². The predicted octanol–water partition coefficient (Wildman–Crippen LogP) is -1.75. The van der Waals surface area contributed by atoms with Gasteiger partial charge >= 0.3 is 36.6 Å². The molecule has 0 amide bonds. The van der Waals surface area contributed by atoms with Crippen LogP contribution in [0.5, 0.6) is 0 Å². The first-order chi connectivity index (χ1) is 2.56. The summed E-state index contributed by atoms with van der Waals surface area (Å²) in [5.74, 6) is 0. The summed E-state index contributed by atoms with van der Waals surface area (Å²) in [5.41, 5.74) is 0. The van der Waals surface area contributed by atoms with Crippen molar-refractivity contribution >= 4 is 36.6 Å². The molecule has 0 rings (SSSR count). The van der Waals surface area contributed by atoms with Gasteiger partial charge in [0.2, 0.25) is 0 Å². The second kappa shape index (κ2) is 3.72. The van der Waals surface area contributed by atoms with E-state index in [-0.39, 0.29) is 26.2 Å². The molecule has 0 unspecified atom stereocenters. The molecule has 0 aliphatic carbocycles. The van der Waals surface area contributed by atoms with E-state index >= 15 is 0 Å². The molecule has 0 aliphatic heterocycles. The molecule has 0 spiro atoms. The van der Waals surface area contributed by atoms with E-state index in [4.69, 9.17) is 4.55 Å². The third-order valence-corrected chi connectivity index (χ3v) is 0.632. The summed E-state index contributed by atoms with van der Waals surface area (Å²) in [5, 5.41) is 0. The Morgan fingerprint density at radius 3 is 1.71 bits per heavy atom. The van der Waals surface area contributed by atoms with Crippen molar-refractivity contribution in [2.75, 3.05) is 7.11 Å². The summed E-state index contributed by atoms with van der Waals surface area (Å²) in [6.07, 6.45) is 0. The second-order valence-corrected chi connectivity index (χ2v) is 1.78. The van der Waals surface area contributed by atoms with Gasteiger partial charge in [0.25, 0.3) is 0 Å². The molecule has 0 aromatic heterocycles. The van der Waals surface area contributed by atoms with Gasteiger partial charge in [-0.05, 0) is 0 Å². The van der Waals surface area contributed by atoms with Crippen LogP contribution in [0.3, 0.4) is 0 Å². The Morgan fingerprint density at radius 2 is 1.71 bits per heavy atom. The molecule has 0 aromatic carbocycles. The van der Waals surface area contributed by atoms with Crippen molar-refractivity contribution in [2.45, 2.75) is 0 Å². The fourth-order valence-corrected chi connectivity index (χ4v) is 0. The van der Waals surface area contributed by atoms with E-state index in [9.17, 15) is 8.42 Å². The van der Waals surface area contributed by atoms with Crippen molar-refractivity contribution in [3.05, 3.63) is 0 Å².